The molecule has 0 unspecified atom stereocenters. The number of anilines is 1. The topological polar surface area (TPSA) is 81.4 Å². The van der Waals surface area contributed by atoms with E-state index in [-0.39, 0.29) is 12.1 Å². The number of nitrogens with one attached hydrogen (secondary N) is 1. The average molecular weight is 210 g/mol. The fraction of sp³-hybridized carbons (Fsp3) is 0.750. The molecule has 0 radical (unpaired) electrons. The first kappa shape index (κ1) is 8.03. The summed E-state index contributed by atoms with van der Waals surface area (Å²) >= 11 is 0. The lowest BCUT2D eigenvalue weighted by Crippen LogP contribution is -2.58. The summed E-state index contributed by atoms with van der Waals surface area (Å²) < 4.78 is 12.7. The highest BCUT2D eigenvalue weighted by molar-refractivity contribution is 5.33. The Morgan fingerprint density at radius 2 is 2.60 bits per heavy atom. The molecule has 0 aromatic carbocycles. The van der Waals surface area contributed by atoms with E-state index in [4.69, 9.17) is 9.47 Å². The van der Waals surface area contributed by atoms with Crippen molar-refractivity contribution >= 4 is 5.95 Å². The van der Waals surface area contributed by atoms with Gasteiger partial charge in [-0.05, 0) is 0 Å². The maximum atomic E-state index is 10.3. The van der Waals surface area contributed by atoms with Crippen molar-refractivity contribution in [2.24, 2.45) is 0 Å². The zero-order chi connectivity index (χ0) is 10.0. The minimum absolute atomic E-state index is 0.00694. The number of hydrogen-bond acceptors (Lipinski definition) is 6. The van der Waals surface area contributed by atoms with Crippen LogP contribution in [0.15, 0.2) is 6.33 Å². The van der Waals surface area contributed by atoms with E-state index in [0.29, 0.717) is 19.0 Å². The van der Waals surface area contributed by atoms with Crippen molar-refractivity contribution in [3.8, 4) is 0 Å². The van der Waals surface area contributed by atoms with Gasteiger partial charge in [-0.2, -0.15) is 10.1 Å². The number of ether oxygens (including phenoxy) is 2. The molecule has 15 heavy (non-hydrogen) atoms. The molecule has 3 aliphatic heterocycles. The predicted octanol–water partition coefficient (Wildman–Crippen LogP) is -0.922. The summed E-state index contributed by atoms with van der Waals surface area (Å²) in [5.41, 5.74) is -1.17. The molecule has 80 valence electrons. The third-order valence-corrected chi connectivity index (χ3v) is 3.27. The Kier molecular flexibility index (Phi) is 1.24. The molecular weight excluding hydrogens is 200 g/mol. The van der Waals surface area contributed by atoms with Crippen LogP contribution in [0.4, 0.5) is 5.95 Å². The van der Waals surface area contributed by atoms with E-state index in [9.17, 15) is 5.11 Å². The van der Waals surface area contributed by atoms with Crippen molar-refractivity contribution in [2.75, 3.05) is 11.9 Å². The van der Waals surface area contributed by atoms with Gasteiger partial charge in [0.25, 0.3) is 0 Å². The number of aliphatic hydroxyl groups is 1. The minimum atomic E-state index is -1.17. The van der Waals surface area contributed by atoms with Crippen LogP contribution in [0.2, 0.25) is 0 Å². The second-order valence-corrected chi connectivity index (χ2v) is 4.19. The molecule has 0 spiro atoms. The molecule has 3 aliphatic rings. The zero-order valence-electron chi connectivity index (χ0n) is 7.83. The molecule has 4 rings (SSSR count). The summed E-state index contributed by atoms with van der Waals surface area (Å²) in [6, 6.07) is 0.00694. The number of rotatable bonds is 0. The van der Waals surface area contributed by atoms with Gasteiger partial charge >= 0.3 is 0 Å². The Morgan fingerprint density at radius 1 is 1.67 bits per heavy atom. The van der Waals surface area contributed by atoms with E-state index in [1.165, 1.54) is 6.33 Å². The van der Waals surface area contributed by atoms with Crippen LogP contribution < -0.4 is 5.32 Å². The van der Waals surface area contributed by atoms with Crippen LogP contribution in [0, 0.1) is 0 Å². The fourth-order valence-electron chi connectivity index (χ4n) is 2.55. The number of hydrogen-bond donors (Lipinski definition) is 2. The van der Waals surface area contributed by atoms with Gasteiger partial charge in [0.2, 0.25) is 12.2 Å². The number of fused-ring (bicyclic) bond motifs is 8. The molecular formula is C8H10N4O3. The minimum Gasteiger partial charge on any atom is -0.366 e. The summed E-state index contributed by atoms with van der Waals surface area (Å²) in [7, 11) is 0. The normalized spacial score (nSPS) is 46.1. The molecule has 0 amide bonds. The lowest BCUT2D eigenvalue weighted by Gasteiger charge is -2.44. The lowest BCUT2D eigenvalue weighted by molar-refractivity contribution is -0.215. The van der Waals surface area contributed by atoms with E-state index < -0.39 is 12.0 Å². The molecule has 4 bridgehead atoms. The third-order valence-electron chi connectivity index (χ3n) is 3.27. The summed E-state index contributed by atoms with van der Waals surface area (Å²) in [6.45, 7) is 0.499. The van der Waals surface area contributed by atoms with Crippen molar-refractivity contribution in [1.29, 1.82) is 0 Å². The first-order valence-corrected chi connectivity index (χ1v) is 4.93. The van der Waals surface area contributed by atoms with Crippen molar-refractivity contribution in [1.82, 2.24) is 14.8 Å². The molecule has 0 saturated carbocycles. The summed E-state index contributed by atoms with van der Waals surface area (Å²) in [5.74, 6) is 0.581. The maximum Gasteiger partial charge on any atom is 0.223 e. The average Bonchev–Trinajstić information content (AvgIpc) is 2.80. The van der Waals surface area contributed by atoms with Gasteiger partial charge in [0.05, 0.1) is 12.6 Å². The van der Waals surface area contributed by atoms with Crippen molar-refractivity contribution in [3.05, 3.63) is 6.33 Å². The van der Waals surface area contributed by atoms with Crippen LogP contribution >= 0.6 is 0 Å². The second kappa shape index (κ2) is 2.31. The highest BCUT2D eigenvalue weighted by Crippen LogP contribution is 2.44. The molecule has 4 heterocycles. The van der Waals surface area contributed by atoms with Crippen molar-refractivity contribution < 1.29 is 14.6 Å². The molecule has 4 atom stereocenters. The standard InChI is InChI=1S/C8H10N4O3/c13-8-1-4(5-2-14-6(8)15-5)12-7(11-8)9-3-10-12/h3-6,13H,1-2H2,(H,9,10,11)/t4-,5-,6+,8-/m1/s1. The Labute approximate surface area is 85.0 Å². The smallest absolute Gasteiger partial charge is 0.223 e. The van der Waals surface area contributed by atoms with Crippen LogP contribution in [0.1, 0.15) is 12.5 Å². The van der Waals surface area contributed by atoms with Gasteiger partial charge in [-0.15, -0.1) is 0 Å². The summed E-state index contributed by atoms with van der Waals surface area (Å²) in [6.07, 6.45) is 1.39. The largest absolute Gasteiger partial charge is 0.366 e. The van der Waals surface area contributed by atoms with E-state index in [0.717, 1.165) is 0 Å². The lowest BCUT2D eigenvalue weighted by atomic mass is 9.95. The van der Waals surface area contributed by atoms with Gasteiger partial charge < -0.3 is 19.9 Å². The van der Waals surface area contributed by atoms with Gasteiger partial charge in [-0.3, -0.25) is 0 Å². The first-order chi connectivity index (χ1) is 7.26. The van der Waals surface area contributed by atoms with Crippen LogP contribution in [0.3, 0.4) is 0 Å². The van der Waals surface area contributed by atoms with E-state index >= 15 is 0 Å². The van der Waals surface area contributed by atoms with Gasteiger partial charge in [-0.25, -0.2) is 4.68 Å². The molecule has 2 fully saturated rings. The molecule has 1 aromatic rings. The monoisotopic (exact) mass is 210 g/mol. The van der Waals surface area contributed by atoms with Crippen molar-refractivity contribution in [3.63, 3.8) is 0 Å². The third kappa shape index (κ3) is 0.858. The Hall–Kier alpha value is -1.18. The molecule has 2 N–H and O–H groups in total. The van der Waals surface area contributed by atoms with Crippen LogP contribution in [-0.4, -0.2) is 44.6 Å². The van der Waals surface area contributed by atoms with Gasteiger partial charge in [0.1, 0.15) is 12.4 Å². The van der Waals surface area contributed by atoms with Crippen LogP contribution in [0.25, 0.3) is 0 Å². The van der Waals surface area contributed by atoms with E-state index in [2.05, 4.69) is 15.4 Å². The van der Waals surface area contributed by atoms with Gasteiger partial charge in [0.15, 0.2) is 5.72 Å². The number of aromatic nitrogens is 3. The van der Waals surface area contributed by atoms with E-state index in [1.54, 1.807) is 4.68 Å². The summed E-state index contributed by atoms with van der Waals surface area (Å²) in [5, 5.41) is 17.3. The van der Waals surface area contributed by atoms with Gasteiger partial charge in [-0.1, -0.05) is 0 Å². The van der Waals surface area contributed by atoms with Crippen LogP contribution in [0.5, 0.6) is 0 Å². The Bertz CT molecular complexity index is 422. The van der Waals surface area contributed by atoms with Crippen molar-refractivity contribution in [2.45, 2.75) is 30.6 Å². The maximum absolute atomic E-state index is 10.3. The summed E-state index contributed by atoms with van der Waals surface area (Å²) in [4.78, 5) is 4.05. The van der Waals surface area contributed by atoms with E-state index in [1.807, 2.05) is 0 Å². The van der Waals surface area contributed by atoms with Crippen LogP contribution in [-0.2, 0) is 9.47 Å². The predicted molar refractivity (Wildman–Crippen MR) is 46.9 cm³/mol. The highest BCUT2D eigenvalue weighted by Gasteiger charge is 2.57. The molecule has 7 heteroatoms. The second-order valence-electron chi connectivity index (χ2n) is 4.19. The molecule has 1 aromatic heterocycles. The fourth-order valence-corrected chi connectivity index (χ4v) is 2.55. The van der Waals surface area contributed by atoms with Gasteiger partial charge in [0, 0.05) is 6.42 Å². The quantitative estimate of drug-likeness (QED) is 0.576. The molecule has 0 aliphatic carbocycles. The Balaban J connectivity index is 1.89. The SMILES string of the molecule is O[C@]12C[C@H]([C@H]3CO[C@H]1O3)n1ncnc1N2. The Morgan fingerprint density at radius 3 is 3.53 bits per heavy atom. The highest BCUT2D eigenvalue weighted by atomic mass is 16.7. The zero-order valence-corrected chi connectivity index (χ0v) is 7.83. The molecule has 2 saturated heterocycles. The number of nitrogens with zero attached hydrogens (tertiary/aromatic N) is 3. The first-order valence-electron chi connectivity index (χ1n) is 4.93. The molecule has 7 nitrogen and oxygen atoms in total.